The highest BCUT2D eigenvalue weighted by molar-refractivity contribution is 5.54. The summed E-state index contributed by atoms with van der Waals surface area (Å²) < 4.78 is 5.61. The Balaban J connectivity index is 2.13. The van der Waals surface area contributed by atoms with Gasteiger partial charge in [0.1, 0.15) is 5.82 Å². The highest BCUT2D eigenvalue weighted by Gasteiger charge is 2.28. The van der Waals surface area contributed by atoms with E-state index in [-0.39, 0.29) is 11.6 Å². The van der Waals surface area contributed by atoms with Crippen molar-refractivity contribution in [3.63, 3.8) is 0 Å². The molecule has 0 bridgehead atoms. The number of nitrogens with two attached hydrogens (primary N) is 1. The Morgan fingerprint density at radius 3 is 2.61 bits per heavy atom. The van der Waals surface area contributed by atoms with Crippen molar-refractivity contribution in [2.75, 3.05) is 11.1 Å². The van der Waals surface area contributed by atoms with Gasteiger partial charge in [-0.25, -0.2) is 0 Å². The van der Waals surface area contributed by atoms with Gasteiger partial charge in [-0.2, -0.15) is 4.98 Å². The Morgan fingerprint density at radius 1 is 1.33 bits per heavy atom. The van der Waals surface area contributed by atoms with Gasteiger partial charge in [0, 0.05) is 5.54 Å². The summed E-state index contributed by atoms with van der Waals surface area (Å²) in [6.07, 6.45) is 5.04. The van der Waals surface area contributed by atoms with Gasteiger partial charge in [0.15, 0.2) is 0 Å². The van der Waals surface area contributed by atoms with Gasteiger partial charge in [0.05, 0.1) is 11.8 Å². The first-order chi connectivity index (χ1) is 8.48. The molecule has 1 aliphatic carbocycles. The van der Waals surface area contributed by atoms with Gasteiger partial charge in [-0.05, 0) is 45.7 Å². The maximum absolute atomic E-state index is 5.86. The number of hydrogen-bond donors (Lipinski definition) is 2. The van der Waals surface area contributed by atoms with Crippen molar-refractivity contribution >= 4 is 11.5 Å². The van der Waals surface area contributed by atoms with Crippen molar-refractivity contribution in [2.24, 2.45) is 0 Å². The zero-order chi connectivity index (χ0) is 13.2. The van der Waals surface area contributed by atoms with Crippen LogP contribution in [0.25, 0.3) is 0 Å². The Kier molecular flexibility index (Phi) is 3.64. The van der Waals surface area contributed by atoms with Crippen LogP contribution in [0.1, 0.15) is 46.5 Å². The number of pyridine rings is 1. The summed E-state index contributed by atoms with van der Waals surface area (Å²) in [5.74, 6) is 1.38. The standard InChI is InChI=1S/C14H23N3O/c1-10(2)18-13-11(15)6-7-12(16-13)17-14(3)8-4-5-9-14/h6-7,10H,4-5,8-9,15H2,1-3H3,(H,16,17). The Morgan fingerprint density at radius 2 is 2.00 bits per heavy atom. The fourth-order valence-electron chi connectivity index (χ4n) is 2.43. The maximum Gasteiger partial charge on any atom is 0.239 e. The summed E-state index contributed by atoms with van der Waals surface area (Å²) in [4.78, 5) is 4.46. The molecule has 0 aliphatic heterocycles. The van der Waals surface area contributed by atoms with Crippen molar-refractivity contribution in [1.82, 2.24) is 4.98 Å². The van der Waals surface area contributed by atoms with E-state index in [1.165, 1.54) is 25.7 Å². The molecule has 1 aromatic heterocycles. The number of aromatic nitrogens is 1. The minimum Gasteiger partial charge on any atom is -0.473 e. The molecular formula is C14H23N3O. The molecule has 3 N–H and O–H groups in total. The average molecular weight is 249 g/mol. The molecule has 1 aromatic rings. The SMILES string of the molecule is CC(C)Oc1nc(NC2(C)CCCC2)ccc1N. The van der Waals surface area contributed by atoms with Crippen LogP contribution in [-0.2, 0) is 0 Å². The third-order valence-corrected chi connectivity index (χ3v) is 3.37. The molecule has 1 aliphatic rings. The predicted molar refractivity (Wildman–Crippen MR) is 74.9 cm³/mol. The number of nitrogen functional groups attached to an aromatic ring is 1. The molecule has 1 saturated carbocycles. The third-order valence-electron chi connectivity index (χ3n) is 3.37. The molecule has 4 nitrogen and oxygen atoms in total. The second kappa shape index (κ2) is 5.04. The highest BCUT2D eigenvalue weighted by Crippen LogP contribution is 2.33. The first-order valence-electron chi connectivity index (χ1n) is 6.70. The predicted octanol–water partition coefficient (Wildman–Crippen LogP) is 3.20. The van der Waals surface area contributed by atoms with E-state index in [1.807, 2.05) is 26.0 Å². The van der Waals surface area contributed by atoms with E-state index in [1.54, 1.807) is 0 Å². The Hall–Kier alpha value is -1.45. The van der Waals surface area contributed by atoms with Crippen LogP contribution >= 0.6 is 0 Å². The summed E-state index contributed by atoms with van der Waals surface area (Å²) in [7, 11) is 0. The molecule has 18 heavy (non-hydrogen) atoms. The molecule has 0 spiro atoms. The van der Waals surface area contributed by atoms with Crippen molar-refractivity contribution in [3.8, 4) is 5.88 Å². The van der Waals surface area contributed by atoms with Crippen LogP contribution in [0, 0.1) is 0 Å². The van der Waals surface area contributed by atoms with E-state index in [9.17, 15) is 0 Å². The lowest BCUT2D eigenvalue weighted by atomic mass is 10.0. The first kappa shape index (κ1) is 13.0. The van der Waals surface area contributed by atoms with Crippen LogP contribution in [-0.4, -0.2) is 16.6 Å². The largest absolute Gasteiger partial charge is 0.473 e. The number of hydrogen-bond acceptors (Lipinski definition) is 4. The maximum atomic E-state index is 5.86. The van der Waals surface area contributed by atoms with Crippen molar-refractivity contribution in [1.29, 1.82) is 0 Å². The summed E-state index contributed by atoms with van der Waals surface area (Å²) in [6, 6.07) is 3.78. The van der Waals surface area contributed by atoms with Crippen LogP contribution in [0.15, 0.2) is 12.1 Å². The third kappa shape index (κ3) is 3.06. The van der Waals surface area contributed by atoms with Crippen LogP contribution in [0.5, 0.6) is 5.88 Å². The second-order valence-electron chi connectivity index (χ2n) is 5.65. The fraction of sp³-hybridized carbons (Fsp3) is 0.643. The normalized spacial score (nSPS) is 18.0. The van der Waals surface area contributed by atoms with Gasteiger partial charge in [-0.3, -0.25) is 0 Å². The summed E-state index contributed by atoms with van der Waals surface area (Å²) in [5.41, 5.74) is 6.62. The molecule has 1 fully saturated rings. The first-order valence-corrected chi connectivity index (χ1v) is 6.70. The van der Waals surface area contributed by atoms with E-state index in [0.29, 0.717) is 11.6 Å². The van der Waals surface area contributed by atoms with E-state index < -0.39 is 0 Å². The molecular weight excluding hydrogens is 226 g/mol. The van der Waals surface area contributed by atoms with Crippen LogP contribution in [0.3, 0.4) is 0 Å². The smallest absolute Gasteiger partial charge is 0.239 e. The van der Waals surface area contributed by atoms with Crippen molar-refractivity contribution in [3.05, 3.63) is 12.1 Å². The minimum absolute atomic E-state index is 0.0807. The molecule has 2 rings (SSSR count). The Labute approximate surface area is 109 Å². The molecule has 100 valence electrons. The average Bonchev–Trinajstić information content (AvgIpc) is 2.69. The lowest BCUT2D eigenvalue weighted by Crippen LogP contribution is -2.31. The monoisotopic (exact) mass is 249 g/mol. The van der Waals surface area contributed by atoms with Gasteiger partial charge in [0.25, 0.3) is 0 Å². The topological polar surface area (TPSA) is 60.2 Å². The number of anilines is 2. The van der Waals surface area contributed by atoms with E-state index in [2.05, 4.69) is 17.2 Å². The number of ether oxygens (including phenoxy) is 1. The molecule has 0 saturated heterocycles. The van der Waals surface area contributed by atoms with Crippen molar-refractivity contribution < 1.29 is 4.74 Å². The Bertz CT molecular complexity index is 412. The zero-order valence-corrected chi connectivity index (χ0v) is 11.5. The lowest BCUT2D eigenvalue weighted by Gasteiger charge is -2.26. The lowest BCUT2D eigenvalue weighted by molar-refractivity contribution is 0.234. The van der Waals surface area contributed by atoms with Gasteiger partial charge >= 0.3 is 0 Å². The molecule has 0 amide bonds. The fourth-order valence-corrected chi connectivity index (χ4v) is 2.43. The van der Waals surface area contributed by atoms with Gasteiger partial charge in [-0.1, -0.05) is 12.8 Å². The molecule has 1 heterocycles. The summed E-state index contributed by atoms with van der Waals surface area (Å²) in [5, 5.41) is 3.51. The molecule has 0 aromatic carbocycles. The van der Waals surface area contributed by atoms with Crippen LogP contribution in [0.4, 0.5) is 11.5 Å². The van der Waals surface area contributed by atoms with Gasteiger partial charge in [0.2, 0.25) is 5.88 Å². The second-order valence-corrected chi connectivity index (χ2v) is 5.65. The molecule has 0 unspecified atom stereocenters. The van der Waals surface area contributed by atoms with Crippen molar-refractivity contribution in [2.45, 2.75) is 58.1 Å². The minimum atomic E-state index is 0.0807. The van der Waals surface area contributed by atoms with Crippen LogP contribution in [0.2, 0.25) is 0 Å². The van der Waals surface area contributed by atoms with E-state index in [0.717, 1.165) is 5.82 Å². The summed E-state index contributed by atoms with van der Waals surface area (Å²) >= 11 is 0. The quantitative estimate of drug-likeness (QED) is 0.860. The molecule has 0 atom stereocenters. The number of rotatable bonds is 4. The van der Waals surface area contributed by atoms with Gasteiger partial charge in [-0.15, -0.1) is 0 Å². The zero-order valence-electron chi connectivity index (χ0n) is 11.5. The van der Waals surface area contributed by atoms with Gasteiger partial charge < -0.3 is 15.8 Å². The highest BCUT2D eigenvalue weighted by atomic mass is 16.5. The molecule has 0 radical (unpaired) electrons. The van der Waals surface area contributed by atoms with E-state index >= 15 is 0 Å². The number of nitrogens with one attached hydrogen (secondary N) is 1. The molecule has 4 heteroatoms. The number of nitrogens with zero attached hydrogens (tertiary/aromatic N) is 1. The van der Waals surface area contributed by atoms with E-state index in [4.69, 9.17) is 10.5 Å². The van der Waals surface area contributed by atoms with Crippen LogP contribution < -0.4 is 15.8 Å². The summed E-state index contributed by atoms with van der Waals surface area (Å²) in [6.45, 7) is 6.19.